The van der Waals surface area contributed by atoms with Gasteiger partial charge >= 0.3 is 6.03 Å². The van der Waals surface area contributed by atoms with Crippen molar-refractivity contribution in [1.82, 2.24) is 15.2 Å². The third-order valence-corrected chi connectivity index (χ3v) is 4.47. The summed E-state index contributed by atoms with van der Waals surface area (Å²) in [5, 5.41) is 4.18. The third-order valence-electron chi connectivity index (χ3n) is 3.84. The van der Waals surface area contributed by atoms with Gasteiger partial charge in [0.2, 0.25) is 11.8 Å². The molecule has 0 radical (unpaired) electrons. The summed E-state index contributed by atoms with van der Waals surface area (Å²) in [6.07, 6.45) is 2.45. The van der Waals surface area contributed by atoms with Crippen LogP contribution in [0.1, 0.15) is 25.0 Å². The number of aromatic nitrogens is 1. The van der Waals surface area contributed by atoms with Crippen molar-refractivity contribution in [3.63, 3.8) is 0 Å². The van der Waals surface area contributed by atoms with Gasteiger partial charge < -0.3 is 0 Å². The first kappa shape index (κ1) is 12.3. The summed E-state index contributed by atoms with van der Waals surface area (Å²) in [4.78, 5) is 41.2. The molecule has 1 N–H and O–H groups in total. The molecule has 19 heavy (non-hydrogen) atoms. The third kappa shape index (κ3) is 1.85. The van der Waals surface area contributed by atoms with E-state index in [0.717, 1.165) is 17.0 Å². The van der Waals surface area contributed by atoms with Crippen LogP contribution in [0.5, 0.6) is 0 Å². The highest BCUT2D eigenvalue weighted by atomic mass is 32.1. The summed E-state index contributed by atoms with van der Waals surface area (Å²) in [5.41, 5.74) is 1.59. The minimum Gasteiger partial charge on any atom is -0.277 e. The first-order chi connectivity index (χ1) is 9.13. The van der Waals surface area contributed by atoms with E-state index >= 15 is 0 Å². The highest BCUT2D eigenvalue weighted by Crippen LogP contribution is 2.44. The fraction of sp³-hybridized carbons (Fsp3) is 0.500. The van der Waals surface area contributed by atoms with Crippen LogP contribution in [0.25, 0.3) is 0 Å². The first-order valence-electron chi connectivity index (χ1n) is 6.18. The SMILES string of the molecule is O=C1NC(=O)C2(CCC2)C(=O)N1CCc1cscn1. The molecule has 2 aliphatic rings. The maximum absolute atomic E-state index is 12.3. The summed E-state index contributed by atoms with van der Waals surface area (Å²) in [6.45, 7) is 0.267. The monoisotopic (exact) mass is 279 g/mol. The lowest BCUT2D eigenvalue weighted by Crippen LogP contribution is -2.66. The lowest BCUT2D eigenvalue weighted by atomic mass is 9.66. The van der Waals surface area contributed by atoms with Crippen molar-refractivity contribution in [2.45, 2.75) is 25.7 Å². The van der Waals surface area contributed by atoms with Crippen molar-refractivity contribution in [1.29, 1.82) is 0 Å². The van der Waals surface area contributed by atoms with E-state index in [4.69, 9.17) is 0 Å². The molecule has 100 valence electrons. The van der Waals surface area contributed by atoms with Crippen LogP contribution in [-0.2, 0) is 16.0 Å². The molecule has 0 atom stereocenters. The van der Waals surface area contributed by atoms with E-state index in [0.29, 0.717) is 19.3 Å². The number of thiazole rings is 1. The molecule has 6 nitrogen and oxygen atoms in total. The van der Waals surface area contributed by atoms with E-state index in [1.165, 1.54) is 11.3 Å². The Morgan fingerprint density at radius 2 is 2.16 bits per heavy atom. The largest absolute Gasteiger partial charge is 0.330 e. The number of urea groups is 1. The highest BCUT2D eigenvalue weighted by molar-refractivity contribution is 7.07. The summed E-state index contributed by atoms with van der Waals surface area (Å²) in [7, 11) is 0. The Morgan fingerprint density at radius 1 is 1.37 bits per heavy atom. The number of rotatable bonds is 3. The molecule has 4 amide bonds. The van der Waals surface area contributed by atoms with Gasteiger partial charge in [-0.25, -0.2) is 9.78 Å². The van der Waals surface area contributed by atoms with Crippen LogP contribution in [0.3, 0.4) is 0 Å². The molecule has 2 fully saturated rings. The van der Waals surface area contributed by atoms with E-state index in [1.54, 1.807) is 5.51 Å². The molecule has 0 aromatic carbocycles. The van der Waals surface area contributed by atoms with Crippen molar-refractivity contribution in [3.05, 3.63) is 16.6 Å². The van der Waals surface area contributed by atoms with E-state index in [-0.39, 0.29) is 12.5 Å². The Bertz CT molecular complexity index is 536. The smallest absolute Gasteiger partial charge is 0.277 e. The predicted octanol–water partition coefficient (Wildman–Crippen LogP) is 0.934. The van der Waals surface area contributed by atoms with Gasteiger partial charge in [-0.05, 0) is 12.8 Å². The van der Waals surface area contributed by atoms with Gasteiger partial charge in [0.05, 0.1) is 11.2 Å². The maximum Gasteiger partial charge on any atom is 0.330 e. The average molecular weight is 279 g/mol. The topological polar surface area (TPSA) is 79.4 Å². The van der Waals surface area contributed by atoms with Gasteiger partial charge in [0, 0.05) is 18.3 Å². The second-order valence-electron chi connectivity index (χ2n) is 4.88. The van der Waals surface area contributed by atoms with Crippen LogP contribution < -0.4 is 5.32 Å². The number of amides is 4. The van der Waals surface area contributed by atoms with Crippen LogP contribution in [0.15, 0.2) is 10.9 Å². The second-order valence-corrected chi connectivity index (χ2v) is 5.60. The Morgan fingerprint density at radius 3 is 2.74 bits per heavy atom. The number of carbonyl (C=O) groups is 3. The number of carbonyl (C=O) groups excluding carboxylic acids is 3. The normalized spacial score (nSPS) is 21.5. The summed E-state index contributed by atoms with van der Waals surface area (Å²) < 4.78 is 0. The first-order valence-corrected chi connectivity index (χ1v) is 7.12. The molecule has 0 bridgehead atoms. The van der Waals surface area contributed by atoms with Gasteiger partial charge in [-0.1, -0.05) is 6.42 Å². The zero-order valence-electron chi connectivity index (χ0n) is 10.2. The average Bonchev–Trinajstić information content (AvgIpc) is 2.79. The van der Waals surface area contributed by atoms with Crippen LogP contribution in [0.4, 0.5) is 4.79 Å². The number of nitrogens with zero attached hydrogens (tertiary/aromatic N) is 2. The van der Waals surface area contributed by atoms with Gasteiger partial charge in [0.25, 0.3) is 0 Å². The van der Waals surface area contributed by atoms with Crippen molar-refractivity contribution < 1.29 is 14.4 Å². The van der Waals surface area contributed by atoms with Crippen molar-refractivity contribution in [2.24, 2.45) is 5.41 Å². The Hall–Kier alpha value is -1.76. The second kappa shape index (κ2) is 4.41. The van der Waals surface area contributed by atoms with Gasteiger partial charge in [-0.2, -0.15) is 0 Å². The van der Waals surface area contributed by atoms with Gasteiger partial charge in [0.1, 0.15) is 5.41 Å². The minimum atomic E-state index is -0.976. The summed E-state index contributed by atoms with van der Waals surface area (Å²) >= 11 is 1.47. The van der Waals surface area contributed by atoms with E-state index in [2.05, 4.69) is 10.3 Å². The molecule has 1 saturated carbocycles. The van der Waals surface area contributed by atoms with E-state index in [9.17, 15) is 14.4 Å². The maximum atomic E-state index is 12.3. The lowest BCUT2D eigenvalue weighted by molar-refractivity contribution is -0.157. The zero-order valence-corrected chi connectivity index (χ0v) is 11.0. The van der Waals surface area contributed by atoms with Crippen molar-refractivity contribution in [3.8, 4) is 0 Å². The fourth-order valence-corrected chi connectivity index (χ4v) is 3.09. The fourth-order valence-electron chi connectivity index (χ4n) is 2.49. The Labute approximate surface area is 113 Å². The number of hydrogen-bond donors (Lipinski definition) is 1. The Kier molecular flexibility index (Phi) is 2.85. The molecule has 1 aromatic heterocycles. The minimum absolute atomic E-state index is 0.267. The highest BCUT2D eigenvalue weighted by Gasteiger charge is 2.57. The Balaban J connectivity index is 1.74. The summed E-state index contributed by atoms with van der Waals surface area (Å²) in [5.74, 6) is -0.776. The summed E-state index contributed by atoms with van der Waals surface area (Å²) in [6, 6.07) is -0.609. The lowest BCUT2D eigenvalue weighted by Gasteiger charge is -2.44. The quantitative estimate of drug-likeness (QED) is 0.835. The molecule has 1 spiro atoms. The van der Waals surface area contributed by atoms with Gasteiger partial charge in [-0.15, -0.1) is 11.3 Å². The number of hydrogen-bond acceptors (Lipinski definition) is 5. The molecule has 7 heteroatoms. The van der Waals surface area contributed by atoms with Gasteiger partial charge in [-0.3, -0.25) is 19.8 Å². The van der Waals surface area contributed by atoms with Crippen molar-refractivity contribution in [2.75, 3.05) is 6.54 Å². The number of imide groups is 2. The molecule has 3 rings (SSSR count). The molecule has 1 aromatic rings. The molecule has 1 saturated heterocycles. The molecular formula is C12H13N3O3S. The van der Waals surface area contributed by atoms with Crippen LogP contribution in [0, 0.1) is 5.41 Å². The molecular weight excluding hydrogens is 266 g/mol. The zero-order chi connectivity index (χ0) is 13.5. The van der Waals surface area contributed by atoms with Crippen molar-refractivity contribution >= 4 is 29.2 Å². The standard InChI is InChI=1S/C12H13N3O3S/c16-9-12(3-1-4-12)10(17)15(11(18)14-9)5-2-8-6-19-7-13-8/h6-7H,1-5H2,(H,14,16,18). The van der Waals surface area contributed by atoms with Crippen LogP contribution in [-0.4, -0.2) is 34.3 Å². The van der Waals surface area contributed by atoms with E-state index in [1.807, 2.05) is 5.38 Å². The van der Waals surface area contributed by atoms with Crippen LogP contribution in [0.2, 0.25) is 0 Å². The van der Waals surface area contributed by atoms with E-state index < -0.39 is 17.4 Å². The number of barbiturate groups is 1. The molecule has 1 aliphatic carbocycles. The predicted molar refractivity (Wildman–Crippen MR) is 67.4 cm³/mol. The molecule has 1 aliphatic heterocycles. The molecule has 2 heterocycles. The van der Waals surface area contributed by atoms with Crippen LogP contribution >= 0.6 is 11.3 Å². The van der Waals surface area contributed by atoms with Gasteiger partial charge in [0.15, 0.2) is 0 Å². The molecule has 0 unspecified atom stereocenters. The number of nitrogens with one attached hydrogen (secondary N) is 1.